The topological polar surface area (TPSA) is 97.8 Å². The van der Waals surface area contributed by atoms with Gasteiger partial charge >= 0.3 is 0 Å². The van der Waals surface area contributed by atoms with Crippen molar-refractivity contribution in [2.24, 2.45) is 0 Å². The molecule has 0 spiro atoms. The minimum absolute atomic E-state index is 0.223. The summed E-state index contributed by atoms with van der Waals surface area (Å²) in [5.41, 5.74) is 1.49. The van der Waals surface area contributed by atoms with Crippen molar-refractivity contribution < 1.29 is 22.7 Å². The van der Waals surface area contributed by atoms with Crippen LogP contribution in [0.25, 0.3) is 16.3 Å². The van der Waals surface area contributed by atoms with Gasteiger partial charge in [-0.25, -0.2) is 13.4 Å². The highest BCUT2D eigenvalue weighted by Gasteiger charge is 2.25. The van der Waals surface area contributed by atoms with Crippen LogP contribution in [0, 0.1) is 0 Å². The Labute approximate surface area is 184 Å². The molecular weight excluding hydrogens is 438 g/mol. The summed E-state index contributed by atoms with van der Waals surface area (Å²) in [7, 11) is -1.94. The number of carbonyl (C=O) groups excluding carboxylic acids is 1. The summed E-state index contributed by atoms with van der Waals surface area (Å²) in [6, 6.07) is 11.9. The van der Waals surface area contributed by atoms with Crippen LogP contribution >= 0.6 is 11.3 Å². The zero-order valence-electron chi connectivity index (χ0n) is 16.8. The molecule has 162 valence electrons. The molecule has 0 saturated carbocycles. The Balaban J connectivity index is 1.40. The maximum absolute atomic E-state index is 12.7. The lowest BCUT2D eigenvalue weighted by atomic mass is 10.2. The Morgan fingerprint density at radius 2 is 1.94 bits per heavy atom. The molecule has 2 aromatic carbocycles. The van der Waals surface area contributed by atoms with Gasteiger partial charge in [0, 0.05) is 19.2 Å². The molecule has 3 aromatic rings. The van der Waals surface area contributed by atoms with E-state index in [4.69, 9.17) is 9.47 Å². The van der Waals surface area contributed by atoms with Gasteiger partial charge in [0.2, 0.25) is 15.9 Å². The number of anilines is 1. The van der Waals surface area contributed by atoms with E-state index in [1.165, 1.54) is 21.7 Å². The number of thiazole rings is 1. The van der Waals surface area contributed by atoms with Crippen molar-refractivity contribution in [3.8, 4) is 5.75 Å². The maximum atomic E-state index is 12.7. The van der Waals surface area contributed by atoms with E-state index in [1.54, 1.807) is 37.5 Å². The number of nitrogens with zero attached hydrogens (tertiary/aromatic N) is 2. The van der Waals surface area contributed by atoms with Crippen LogP contribution in [0.3, 0.4) is 0 Å². The van der Waals surface area contributed by atoms with Crippen molar-refractivity contribution in [1.82, 2.24) is 9.29 Å². The lowest BCUT2D eigenvalue weighted by molar-refractivity contribution is -0.111. The minimum atomic E-state index is -3.53. The summed E-state index contributed by atoms with van der Waals surface area (Å²) in [5.74, 6) is 0.407. The Kier molecular flexibility index (Phi) is 6.33. The third-order valence-electron chi connectivity index (χ3n) is 4.74. The van der Waals surface area contributed by atoms with Crippen LogP contribution in [0.1, 0.15) is 5.56 Å². The number of hydrogen-bond donors (Lipinski definition) is 1. The number of amides is 1. The second-order valence-corrected chi connectivity index (χ2v) is 9.73. The van der Waals surface area contributed by atoms with Crippen molar-refractivity contribution in [3.05, 3.63) is 54.1 Å². The number of hydrogen-bond acceptors (Lipinski definition) is 7. The molecule has 1 fully saturated rings. The third kappa shape index (κ3) is 4.93. The predicted molar refractivity (Wildman–Crippen MR) is 120 cm³/mol. The van der Waals surface area contributed by atoms with Crippen molar-refractivity contribution in [2.45, 2.75) is 4.90 Å². The monoisotopic (exact) mass is 459 g/mol. The highest BCUT2D eigenvalue weighted by atomic mass is 32.2. The number of morpholine rings is 1. The van der Waals surface area contributed by atoms with Crippen molar-refractivity contribution in [3.63, 3.8) is 0 Å². The summed E-state index contributed by atoms with van der Waals surface area (Å²) in [6.07, 6.45) is 3.01. The molecule has 1 aromatic heterocycles. The average molecular weight is 460 g/mol. The van der Waals surface area contributed by atoms with E-state index < -0.39 is 10.0 Å². The second-order valence-electron chi connectivity index (χ2n) is 6.76. The number of sulfonamides is 1. The van der Waals surface area contributed by atoms with Crippen LogP contribution in [-0.2, 0) is 19.6 Å². The molecule has 1 saturated heterocycles. The number of methoxy groups -OCH3 is 1. The number of fused-ring (bicyclic) bond motifs is 1. The molecule has 1 aliphatic heterocycles. The highest BCUT2D eigenvalue weighted by molar-refractivity contribution is 7.89. The molecule has 4 rings (SSSR count). The standard InChI is InChI=1S/C21H21N3O5S2/c1-28-16-5-8-18-19(14-16)30-21(22-18)23-20(25)9-4-15-2-6-17(7-3-15)31(26,27)24-10-12-29-13-11-24/h2-9,14H,10-13H2,1H3,(H,22,23,25)/b9-4+. The van der Waals surface area contributed by atoms with Gasteiger partial charge in [-0.05, 0) is 42.0 Å². The Hall–Kier alpha value is -2.79. The molecule has 0 atom stereocenters. The van der Waals surface area contributed by atoms with E-state index in [1.807, 2.05) is 18.2 Å². The molecule has 1 N–H and O–H groups in total. The molecule has 0 radical (unpaired) electrons. The summed E-state index contributed by atoms with van der Waals surface area (Å²) >= 11 is 1.36. The van der Waals surface area contributed by atoms with E-state index in [9.17, 15) is 13.2 Å². The van der Waals surface area contributed by atoms with E-state index in [0.717, 1.165) is 16.0 Å². The fourth-order valence-corrected chi connectivity index (χ4v) is 5.40. The number of nitrogens with one attached hydrogen (secondary N) is 1. The first-order chi connectivity index (χ1) is 15.0. The molecule has 2 heterocycles. The lowest BCUT2D eigenvalue weighted by Crippen LogP contribution is -2.40. The minimum Gasteiger partial charge on any atom is -0.497 e. The van der Waals surface area contributed by atoms with Crippen molar-refractivity contribution in [2.75, 3.05) is 38.7 Å². The van der Waals surface area contributed by atoms with Crippen LogP contribution in [0.2, 0.25) is 0 Å². The van der Waals surface area contributed by atoms with Gasteiger partial charge in [-0.2, -0.15) is 4.31 Å². The number of benzene rings is 2. The normalized spacial score (nSPS) is 15.4. The first-order valence-corrected chi connectivity index (χ1v) is 11.8. The SMILES string of the molecule is COc1ccc2nc(NC(=O)/C=C/c3ccc(S(=O)(=O)N4CCOCC4)cc3)sc2c1. The van der Waals surface area contributed by atoms with E-state index in [-0.39, 0.29) is 10.8 Å². The number of ether oxygens (including phenoxy) is 2. The summed E-state index contributed by atoms with van der Waals surface area (Å²) in [4.78, 5) is 16.9. The molecule has 31 heavy (non-hydrogen) atoms. The first-order valence-electron chi connectivity index (χ1n) is 9.57. The molecule has 1 aliphatic rings. The fourth-order valence-electron chi connectivity index (χ4n) is 3.09. The Bertz CT molecular complexity index is 1210. The highest BCUT2D eigenvalue weighted by Crippen LogP contribution is 2.29. The van der Waals surface area contributed by atoms with Gasteiger partial charge in [0.25, 0.3) is 0 Å². The number of aromatic nitrogens is 1. The Morgan fingerprint density at radius 3 is 2.65 bits per heavy atom. The number of rotatable bonds is 6. The smallest absolute Gasteiger partial charge is 0.250 e. The maximum Gasteiger partial charge on any atom is 0.250 e. The largest absolute Gasteiger partial charge is 0.497 e. The summed E-state index contributed by atoms with van der Waals surface area (Å²) in [5, 5.41) is 3.23. The summed E-state index contributed by atoms with van der Waals surface area (Å²) in [6.45, 7) is 1.50. The van der Waals surface area contributed by atoms with Crippen LogP contribution in [0.5, 0.6) is 5.75 Å². The lowest BCUT2D eigenvalue weighted by Gasteiger charge is -2.26. The van der Waals surface area contributed by atoms with Crippen LogP contribution in [0.4, 0.5) is 5.13 Å². The van der Waals surface area contributed by atoms with Gasteiger partial charge in [-0.1, -0.05) is 23.5 Å². The second kappa shape index (κ2) is 9.15. The Morgan fingerprint density at radius 1 is 1.19 bits per heavy atom. The zero-order chi connectivity index (χ0) is 21.8. The average Bonchev–Trinajstić information content (AvgIpc) is 3.19. The quantitative estimate of drug-likeness (QED) is 0.569. The van der Waals surface area contributed by atoms with Crippen LogP contribution in [0.15, 0.2) is 53.4 Å². The third-order valence-corrected chi connectivity index (χ3v) is 7.59. The molecule has 0 aliphatic carbocycles. The van der Waals surface area contributed by atoms with E-state index >= 15 is 0 Å². The van der Waals surface area contributed by atoms with Crippen LogP contribution in [-0.4, -0.2) is 57.0 Å². The molecule has 0 bridgehead atoms. The van der Waals surface area contributed by atoms with E-state index in [0.29, 0.717) is 37.0 Å². The molecule has 8 nitrogen and oxygen atoms in total. The predicted octanol–water partition coefficient (Wildman–Crippen LogP) is 2.98. The van der Waals surface area contributed by atoms with Gasteiger partial charge in [0.15, 0.2) is 5.13 Å². The zero-order valence-corrected chi connectivity index (χ0v) is 18.4. The van der Waals surface area contributed by atoms with Crippen molar-refractivity contribution in [1.29, 1.82) is 0 Å². The van der Waals surface area contributed by atoms with E-state index in [2.05, 4.69) is 10.3 Å². The first kappa shape index (κ1) is 21.4. The van der Waals surface area contributed by atoms with Gasteiger partial charge < -0.3 is 9.47 Å². The summed E-state index contributed by atoms with van der Waals surface area (Å²) < 4.78 is 38.1. The number of carbonyl (C=O) groups is 1. The van der Waals surface area contributed by atoms with Gasteiger partial charge in [0.05, 0.1) is 35.4 Å². The molecule has 0 unspecified atom stereocenters. The van der Waals surface area contributed by atoms with Gasteiger partial charge in [-0.15, -0.1) is 0 Å². The van der Waals surface area contributed by atoms with Crippen molar-refractivity contribution >= 4 is 48.7 Å². The molecule has 1 amide bonds. The van der Waals surface area contributed by atoms with Gasteiger partial charge in [0.1, 0.15) is 5.75 Å². The molecule has 10 heteroatoms. The van der Waals surface area contributed by atoms with Crippen LogP contribution < -0.4 is 10.1 Å². The molecular formula is C21H21N3O5S2. The van der Waals surface area contributed by atoms with Gasteiger partial charge in [-0.3, -0.25) is 10.1 Å². The fraction of sp³-hybridized carbons (Fsp3) is 0.238.